The fourth-order valence-corrected chi connectivity index (χ4v) is 2.34. The molecule has 0 aliphatic rings. The third-order valence-corrected chi connectivity index (χ3v) is 3.67. The number of hydrogen-bond donors (Lipinski definition) is 0. The lowest BCUT2D eigenvalue weighted by atomic mass is 10.2. The van der Waals surface area contributed by atoms with Crippen LogP contribution in [0.1, 0.15) is 0 Å². The summed E-state index contributed by atoms with van der Waals surface area (Å²) in [5.74, 6) is -1.42. The molecule has 0 spiro atoms. The molecule has 0 N–H and O–H groups in total. The molecule has 128 valence electrons. The number of methoxy groups -OCH3 is 1. The van der Waals surface area contributed by atoms with Crippen molar-refractivity contribution in [2.75, 3.05) is 13.7 Å². The van der Waals surface area contributed by atoms with Crippen LogP contribution in [-0.4, -0.2) is 34.7 Å². The molecule has 1 heterocycles. The van der Waals surface area contributed by atoms with Crippen LogP contribution in [0.25, 0.3) is 16.6 Å². The summed E-state index contributed by atoms with van der Waals surface area (Å²) in [5.41, 5.74) is -0.362. The molecule has 0 saturated carbocycles. The lowest BCUT2D eigenvalue weighted by molar-refractivity contribution is -0.142. The zero-order valence-electron chi connectivity index (χ0n) is 12.9. The molecule has 0 atom stereocenters. The summed E-state index contributed by atoms with van der Waals surface area (Å²) in [4.78, 5) is 23.7. The zero-order chi connectivity index (χ0) is 18.0. The second-order valence-corrected chi connectivity index (χ2v) is 5.33. The van der Waals surface area contributed by atoms with Crippen molar-refractivity contribution in [2.24, 2.45) is 0 Å². The minimum Gasteiger partial charge on any atom is -0.480 e. The molecule has 25 heavy (non-hydrogen) atoms. The van der Waals surface area contributed by atoms with Crippen molar-refractivity contribution in [3.63, 3.8) is 0 Å². The van der Waals surface area contributed by atoms with Crippen molar-refractivity contribution in [3.05, 3.63) is 57.6 Å². The molecule has 0 unspecified atom stereocenters. The number of nitrogens with zero attached hydrogens (tertiary/aromatic N) is 3. The van der Waals surface area contributed by atoms with E-state index in [1.807, 2.05) is 0 Å². The van der Waals surface area contributed by atoms with Gasteiger partial charge in [-0.3, -0.25) is 4.79 Å². The van der Waals surface area contributed by atoms with Crippen LogP contribution < -0.4 is 10.3 Å². The van der Waals surface area contributed by atoms with E-state index in [-0.39, 0.29) is 21.8 Å². The molecule has 9 heteroatoms. The monoisotopic (exact) mass is 363 g/mol. The Kier molecular flexibility index (Phi) is 4.62. The molecule has 2 aromatic carbocycles. The van der Waals surface area contributed by atoms with Gasteiger partial charge in [0.2, 0.25) is 0 Å². The first-order chi connectivity index (χ1) is 12.0. The number of carbonyl (C=O) groups is 1. The van der Waals surface area contributed by atoms with E-state index in [9.17, 15) is 14.0 Å². The zero-order valence-corrected chi connectivity index (χ0v) is 13.7. The maximum absolute atomic E-state index is 14.3. The Morgan fingerprint density at radius 3 is 2.84 bits per heavy atom. The molecule has 0 bridgehead atoms. The van der Waals surface area contributed by atoms with Crippen molar-refractivity contribution in [3.8, 4) is 11.4 Å². The summed E-state index contributed by atoms with van der Waals surface area (Å²) in [6.45, 7) is -0.417. The average molecular weight is 364 g/mol. The lowest BCUT2D eigenvalue weighted by Gasteiger charge is -2.11. The van der Waals surface area contributed by atoms with Crippen LogP contribution in [0.3, 0.4) is 0 Å². The Labute approximate surface area is 145 Å². The fourth-order valence-electron chi connectivity index (χ4n) is 2.13. The van der Waals surface area contributed by atoms with Gasteiger partial charge in [0.25, 0.3) is 5.56 Å². The number of benzene rings is 2. The van der Waals surface area contributed by atoms with Gasteiger partial charge in [-0.2, -0.15) is 4.68 Å². The molecule has 3 aromatic rings. The largest absolute Gasteiger partial charge is 0.480 e. The predicted molar refractivity (Wildman–Crippen MR) is 87.6 cm³/mol. The van der Waals surface area contributed by atoms with Crippen LogP contribution in [-0.2, 0) is 9.53 Å². The molecule has 0 amide bonds. The summed E-state index contributed by atoms with van der Waals surface area (Å²) in [7, 11) is 1.20. The van der Waals surface area contributed by atoms with Crippen molar-refractivity contribution >= 4 is 28.5 Å². The maximum Gasteiger partial charge on any atom is 0.343 e. The smallest absolute Gasteiger partial charge is 0.343 e. The highest BCUT2D eigenvalue weighted by Crippen LogP contribution is 2.29. The van der Waals surface area contributed by atoms with Gasteiger partial charge in [-0.05, 0) is 18.2 Å². The van der Waals surface area contributed by atoms with Crippen molar-refractivity contribution in [1.82, 2.24) is 15.0 Å². The quantitative estimate of drug-likeness (QED) is 0.660. The molecule has 0 aliphatic heterocycles. The number of esters is 1. The molecule has 0 saturated heterocycles. The van der Waals surface area contributed by atoms with Crippen molar-refractivity contribution in [1.29, 1.82) is 0 Å². The number of halogens is 2. The minimum absolute atomic E-state index is 0.00493. The standard InChI is InChI=1S/C16H11ClFN3O4/c1-24-15(22)8-25-14-7-13(11(18)6-10(14)17)21-16(23)9-4-2-3-5-12(9)19-20-21/h2-7H,8H2,1H3. The summed E-state index contributed by atoms with van der Waals surface area (Å²) in [5, 5.41) is 7.86. The van der Waals surface area contributed by atoms with E-state index in [1.54, 1.807) is 24.3 Å². The van der Waals surface area contributed by atoms with Gasteiger partial charge in [0.05, 0.1) is 17.5 Å². The van der Waals surface area contributed by atoms with Crippen LogP contribution in [0.4, 0.5) is 4.39 Å². The van der Waals surface area contributed by atoms with Crippen LogP contribution in [0, 0.1) is 5.82 Å². The Hall–Kier alpha value is -3.00. The van der Waals surface area contributed by atoms with Crippen LogP contribution in [0.5, 0.6) is 5.75 Å². The van der Waals surface area contributed by atoms with Gasteiger partial charge in [-0.15, -0.1) is 5.10 Å². The van der Waals surface area contributed by atoms with Gasteiger partial charge in [0, 0.05) is 6.07 Å². The maximum atomic E-state index is 14.3. The number of rotatable bonds is 4. The predicted octanol–water partition coefficient (Wildman–Crippen LogP) is 2.12. The number of hydrogen-bond acceptors (Lipinski definition) is 6. The summed E-state index contributed by atoms with van der Waals surface area (Å²) >= 11 is 5.91. The van der Waals surface area contributed by atoms with Gasteiger partial charge < -0.3 is 9.47 Å². The third kappa shape index (κ3) is 3.29. The van der Waals surface area contributed by atoms with Gasteiger partial charge in [-0.1, -0.05) is 28.9 Å². The number of ether oxygens (including phenoxy) is 2. The average Bonchev–Trinajstić information content (AvgIpc) is 2.62. The number of aromatic nitrogens is 3. The van der Waals surface area contributed by atoms with E-state index < -0.39 is 24.0 Å². The van der Waals surface area contributed by atoms with Crippen LogP contribution in [0.2, 0.25) is 5.02 Å². The summed E-state index contributed by atoms with van der Waals surface area (Å²) in [6, 6.07) is 8.70. The second kappa shape index (κ2) is 6.86. The highest BCUT2D eigenvalue weighted by molar-refractivity contribution is 6.32. The molecular weight excluding hydrogens is 353 g/mol. The minimum atomic E-state index is -0.790. The summed E-state index contributed by atoms with van der Waals surface area (Å²) in [6.07, 6.45) is 0. The summed E-state index contributed by atoms with van der Waals surface area (Å²) < 4.78 is 24.8. The topological polar surface area (TPSA) is 83.3 Å². The van der Waals surface area contributed by atoms with Gasteiger partial charge in [0.1, 0.15) is 17.0 Å². The Bertz CT molecular complexity index is 1020. The normalized spacial score (nSPS) is 10.7. The van der Waals surface area contributed by atoms with Crippen molar-refractivity contribution in [2.45, 2.75) is 0 Å². The second-order valence-electron chi connectivity index (χ2n) is 4.92. The van der Waals surface area contributed by atoms with E-state index in [4.69, 9.17) is 16.3 Å². The first-order valence-corrected chi connectivity index (χ1v) is 7.43. The fraction of sp³-hybridized carbons (Fsp3) is 0.125. The molecular formula is C16H11ClFN3O4. The van der Waals surface area contributed by atoms with Gasteiger partial charge in [-0.25, -0.2) is 9.18 Å². The molecule has 7 nitrogen and oxygen atoms in total. The highest BCUT2D eigenvalue weighted by atomic mass is 35.5. The van der Waals surface area contributed by atoms with E-state index in [2.05, 4.69) is 15.0 Å². The number of carbonyl (C=O) groups excluding carboxylic acids is 1. The lowest BCUT2D eigenvalue weighted by Crippen LogP contribution is -2.23. The van der Waals surface area contributed by atoms with Crippen LogP contribution >= 0.6 is 11.6 Å². The Balaban J connectivity index is 2.09. The van der Waals surface area contributed by atoms with Gasteiger partial charge >= 0.3 is 5.97 Å². The highest BCUT2D eigenvalue weighted by Gasteiger charge is 2.16. The van der Waals surface area contributed by atoms with E-state index >= 15 is 0 Å². The number of fused-ring (bicyclic) bond motifs is 1. The Morgan fingerprint density at radius 1 is 1.32 bits per heavy atom. The molecule has 1 aromatic heterocycles. The molecule has 0 fully saturated rings. The van der Waals surface area contributed by atoms with Crippen LogP contribution in [0.15, 0.2) is 41.2 Å². The van der Waals surface area contributed by atoms with Gasteiger partial charge in [0.15, 0.2) is 12.4 Å². The molecule has 3 rings (SSSR count). The third-order valence-electron chi connectivity index (χ3n) is 3.37. The van der Waals surface area contributed by atoms with E-state index in [1.165, 1.54) is 13.2 Å². The SMILES string of the molecule is COC(=O)COc1cc(-n2nnc3ccccc3c2=O)c(F)cc1Cl. The van der Waals surface area contributed by atoms with E-state index in [0.29, 0.717) is 5.52 Å². The van der Waals surface area contributed by atoms with Crippen molar-refractivity contribution < 1.29 is 18.7 Å². The molecule has 0 aliphatic carbocycles. The Morgan fingerprint density at radius 2 is 2.08 bits per heavy atom. The van der Waals surface area contributed by atoms with E-state index in [0.717, 1.165) is 10.7 Å². The molecule has 0 radical (unpaired) electrons. The first-order valence-electron chi connectivity index (χ1n) is 7.05. The first kappa shape index (κ1) is 16.8.